The van der Waals surface area contributed by atoms with Crippen LogP contribution in [0.1, 0.15) is 40.2 Å². The predicted molar refractivity (Wildman–Crippen MR) is 73.2 cm³/mol. The molecule has 1 saturated heterocycles. The highest BCUT2D eigenvalue weighted by Crippen LogP contribution is 2.37. The molecular weight excluding hydrogens is 227 g/mol. The van der Waals surface area contributed by atoms with E-state index in [1.54, 1.807) is 6.07 Å². The number of phenols is 1. The fourth-order valence-electron chi connectivity index (χ4n) is 1.98. The Morgan fingerprint density at radius 2 is 1.67 bits per heavy atom. The number of rotatable bonds is 2. The van der Waals surface area contributed by atoms with Crippen molar-refractivity contribution >= 4 is 12.6 Å². The molecule has 0 amide bonds. The van der Waals surface area contributed by atoms with Crippen LogP contribution in [0.4, 0.5) is 0 Å². The van der Waals surface area contributed by atoms with Gasteiger partial charge in [-0.05, 0) is 45.7 Å². The Balaban J connectivity index is 2.34. The maximum atomic E-state index is 9.97. The van der Waals surface area contributed by atoms with Gasteiger partial charge in [0.2, 0.25) is 0 Å². The van der Waals surface area contributed by atoms with E-state index in [0.717, 1.165) is 12.0 Å². The van der Waals surface area contributed by atoms with Gasteiger partial charge in [-0.25, -0.2) is 0 Å². The second kappa shape index (κ2) is 4.28. The summed E-state index contributed by atoms with van der Waals surface area (Å²) in [5.41, 5.74) is 1.11. The van der Waals surface area contributed by atoms with Gasteiger partial charge in [0.25, 0.3) is 0 Å². The molecule has 0 saturated carbocycles. The van der Waals surface area contributed by atoms with E-state index in [1.165, 1.54) is 0 Å². The molecule has 1 heterocycles. The summed E-state index contributed by atoms with van der Waals surface area (Å²) < 4.78 is 11.9. The minimum Gasteiger partial charge on any atom is -0.508 e. The van der Waals surface area contributed by atoms with Crippen LogP contribution in [0.2, 0.25) is 0 Å². The van der Waals surface area contributed by atoms with E-state index in [-0.39, 0.29) is 17.0 Å². The zero-order valence-electron chi connectivity index (χ0n) is 11.8. The van der Waals surface area contributed by atoms with Crippen molar-refractivity contribution in [1.29, 1.82) is 0 Å². The van der Waals surface area contributed by atoms with Crippen molar-refractivity contribution in [3.05, 3.63) is 23.8 Å². The van der Waals surface area contributed by atoms with Gasteiger partial charge in [0.05, 0.1) is 11.2 Å². The number of hydrogen-bond donors (Lipinski definition) is 1. The maximum Gasteiger partial charge on any atom is 0.498 e. The number of phenolic OH excluding ortho intramolecular Hbond substituents is 1. The van der Waals surface area contributed by atoms with Crippen LogP contribution in [0, 0.1) is 0 Å². The monoisotopic (exact) mass is 248 g/mol. The maximum absolute atomic E-state index is 9.97. The summed E-state index contributed by atoms with van der Waals surface area (Å²) in [6.45, 7) is 10.1. The van der Waals surface area contributed by atoms with E-state index >= 15 is 0 Å². The standard InChI is InChI=1S/C14H21BO3/c1-6-10-7-8-12(16)11(9-10)15-17-13(2,3)14(4,5)18-15/h7-9,16H,6H2,1-5H3. The number of hydrogen-bond acceptors (Lipinski definition) is 3. The molecule has 0 atom stereocenters. The van der Waals surface area contributed by atoms with Gasteiger partial charge >= 0.3 is 7.12 Å². The van der Waals surface area contributed by atoms with E-state index in [9.17, 15) is 5.11 Å². The van der Waals surface area contributed by atoms with Crippen LogP contribution in [-0.2, 0) is 15.7 Å². The molecule has 0 spiro atoms. The Labute approximate surface area is 109 Å². The van der Waals surface area contributed by atoms with Gasteiger partial charge in [-0.15, -0.1) is 0 Å². The first-order valence-corrected chi connectivity index (χ1v) is 6.44. The highest BCUT2D eigenvalue weighted by molar-refractivity contribution is 6.63. The molecule has 3 nitrogen and oxygen atoms in total. The smallest absolute Gasteiger partial charge is 0.498 e. The van der Waals surface area contributed by atoms with Crippen LogP contribution < -0.4 is 5.46 Å². The van der Waals surface area contributed by atoms with Crippen LogP contribution in [0.15, 0.2) is 18.2 Å². The predicted octanol–water partition coefficient (Wildman–Crippen LogP) is 2.25. The van der Waals surface area contributed by atoms with Crippen molar-refractivity contribution < 1.29 is 14.4 Å². The summed E-state index contributed by atoms with van der Waals surface area (Å²) in [6, 6.07) is 5.58. The molecule has 1 aromatic rings. The highest BCUT2D eigenvalue weighted by Gasteiger charge is 2.52. The van der Waals surface area contributed by atoms with Crippen LogP contribution >= 0.6 is 0 Å². The summed E-state index contributed by atoms with van der Waals surface area (Å²) >= 11 is 0. The second-order valence-electron chi connectivity index (χ2n) is 5.83. The average Bonchev–Trinajstić information content (AvgIpc) is 2.48. The molecule has 1 N–H and O–H groups in total. The van der Waals surface area contributed by atoms with Crippen molar-refractivity contribution in [3.63, 3.8) is 0 Å². The quantitative estimate of drug-likeness (QED) is 0.816. The van der Waals surface area contributed by atoms with E-state index < -0.39 is 7.12 Å². The first-order chi connectivity index (χ1) is 8.27. The molecule has 0 unspecified atom stereocenters. The van der Waals surface area contributed by atoms with E-state index in [4.69, 9.17) is 9.31 Å². The average molecular weight is 248 g/mol. The normalized spacial score (nSPS) is 21.3. The van der Waals surface area contributed by atoms with E-state index in [0.29, 0.717) is 5.46 Å². The Morgan fingerprint density at radius 1 is 1.11 bits per heavy atom. The largest absolute Gasteiger partial charge is 0.508 e. The zero-order valence-corrected chi connectivity index (χ0v) is 11.8. The Bertz CT molecular complexity index is 438. The molecule has 0 bridgehead atoms. The number of aromatic hydroxyl groups is 1. The van der Waals surface area contributed by atoms with Crippen LogP contribution in [-0.4, -0.2) is 23.4 Å². The van der Waals surface area contributed by atoms with Crippen LogP contribution in [0.5, 0.6) is 5.75 Å². The van der Waals surface area contributed by atoms with Crippen molar-refractivity contribution in [2.75, 3.05) is 0 Å². The summed E-state index contributed by atoms with van der Waals surface area (Å²) in [5.74, 6) is 0.228. The van der Waals surface area contributed by atoms with E-state index in [2.05, 4.69) is 6.92 Å². The zero-order chi connectivity index (χ0) is 13.6. The third-order valence-electron chi connectivity index (χ3n) is 4.01. The lowest BCUT2D eigenvalue weighted by atomic mass is 9.77. The topological polar surface area (TPSA) is 38.7 Å². The first kappa shape index (κ1) is 13.4. The van der Waals surface area contributed by atoms with E-state index in [1.807, 2.05) is 39.8 Å². The second-order valence-corrected chi connectivity index (χ2v) is 5.83. The van der Waals surface area contributed by atoms with Gasteiger partial charge in [0, 0.05) is 5.46 Å². The summed E-state index contributed by atoms with van der Waals surface area (Å²) in [7, 11) is -0.499. The SMILES string of the molecule is CCc1ccc(O)c(B2OC(C)(C)C(C)(C)O2)c1. The van der Waals surface area contributed by atoms with Gasteiger partial charge in [0.15, 0.2) is 0 Å². The van der Waals surface area contributed by atoms with Crippen LogP contribution in [0.3, 0.4) is 0 Å². The first-order valence-electron chi connectivity index (χ1n) is 6.44. The van der Waals surface area contributed by atoms with Crippen molar-refractivity contribution in [1.82, 2.24) is 0 Å². The minimum atomic E-state index is -0.499. The third-order valence-corrected chi connectivity index (χ3v) is 4.01. The van der Waals surface area contributed by atoms with Gasteiger partial charge in [-0.1, -0.05) is 19.1 Å². The van der Waals surface area contributed by atoms with Crippen molar-refractivity contribution in [2.24, 2.45) is 0 Å². The molecule has 1 aliphatic heterocycles. The van der Waals surface area contributed by atoms with Gasteiger partial charge in [0.1, 0.15) is 5.75 Å². The number of aryl methyl sites for hydroxylation is 1. The molecule has 4 heteroatoms. The lowest BCUT2D eigenvalue weighted by molar-refractivity contribution is 0.00578. The van der Waals surface area contributed by atoms with Gasteiger partial charge < -0.3 is 14.4 Å². The molecule has 1 fully saturated rings. The molecule has 1 aromatic carbocycles. The lowest BCUT2D eigenvalue weighted by Crippen LogP contribution is -2.41. The highest BCUT2D eigenvalue weighted by atomic mass is 16.7. The molecule has 98 valence electrons. The fourth-order valence-corrected chi connectivity index (χ4v) is 1.98. The van der Waals surface area contributed by atoms with Crippen molar-refractivity contribution in [3.8, 4) is 5.75 Å². The lowest BCUT2D eigenvalue weighted by Gasteiger charge is -2.32. The molecule has 1 aliphatic rings. The summed E-state index contributed by atoms with van der Waals surface area (Å²) in [5, 5.41) is 9.97. The molecule has 0 aliphatic carbocycles. The summed E-state index contributed by atoms with van der Waals surface area (Å²) in [4.78, 5) is 0. The summed E-state index contributed by atoms with van der Waals surface area (Å²) in [6.07, 6.45) is 0.923. The molecule has 0 aromatic heterocycles. The number of benzene rings is 1. The Morgan fingerprint density at radius 3 is 2.17 bits per heavy atom. The Kier molecular flexibility index (Phi) is 3.20. The molecule has 0 radical (unpaired) electrons. The molecule has 18 heavy (non-hydrogen) atoms. The molecular formula is C14H21BO3. The van der Waals surface area contributed by atoms with Crippen LogP contribution in [0.25, 0.3) is 0 Å². The molecule has 2 rings (SSSR count). The minimum absolute atomic E-state index is 0.228. The third kappa shape index (κ3) is 2.15. The van der Waals surface area contributed by atoms with Crippen molar-refractivity contribution in [2.45, 2.75) is 52.2 Å². The van der Waals surface area contributed by atoms with Gasteiger partial charge in [-0.2, -0.15) is 0 Å². The Hall–Kier alpha value is -0.995. The fraction of sp³-hybridized carbons (Fsp3) is 0.571. The van der Waals surface area contributed by atoms with Gasteiger partial charge in [-0.3, -0.25) is 0 Å².